The first-order chi connectivity index (χ1) is 16.3. The van der Waals surface area contributed by atoms with Crippen LogP contribution in [0.4, 0.5) is 43.9 Å². The predicted octanol–water partition coefficient (Wildman–Crippen LogP) is 4.66. The normalized spacial score (nSPS) is 32.1. The molecule has 0 aliphatic heterocycles. The summed E-state index contributed by atoms with van der Waals surface area (Å²) in [4.78, 5) is 25.7. The molecule has 0 amide bonds. The Hall–Kier alpha value is -1.85. The molecule has 0 radical (unpaired) electrons. The summed E-state index contributed by atoms with van der Waals surface area (Å²) < 4.78 is 173. The van der Waals surface area contributed by atoms with Crippen LogP contribution in [0.5, 0.6) is 0 Å². The topological polar surface area (TPSA) is 107 Å². The van der Waals surface area contributed by atoms with E-state index in [1.54, 1.807) is 0 Å². The highest BCUT2D eigenvalue weighted by atomic mass is 32.2. The number of ether oxygens (including phenoxy) is 2. The Labute approximate surface area is 202 Å². The molecule has 0 aromatic heterocycles. The molecule has 0 spiro atoms. The van der Waals surface area contributed by atoms with Gasteiger partial charge in [-0.3, -0.25) is 14.1 Å². The maximum absolute atomic E-state index is 13.9. The van der Waals surface area contributed by atoms with Crippen LogP contribution in [-0.4, -0.2) is 60.6 Å². The molecule has 214 valence electrons. The van der Waals surface area contributed by atoms with Gasteiger partial charge in [0, 0.05) is 6.92 Å². The lowest BCUT2D eigenvalue weighted by molar-refractivity contribution is -0.282. The molecule has 4 bridgehead atoms. The van der Waals surface area contributed by atoms with E-state index in [4.69, 9.17) is 4.55 Å². The molecule has 1 N–H and O–H groups in total. The molecule has 4 aliphatic carbocycles. The Morgan fingerprint density at radius 1 is 0.784 bits per heavy atom. The second kappa shape index (κ2) is 8.58. The zero-order valence-electron chi connectivity index (χ0n) is 18.6. The minimum atomic E-state index is -6.74. The Morgan fingerprint density at radius 2 is 1.14 bits per heavy atom. The van der Waals surface area contributed by atoms with E-state index in [2.05, 4.69) is 9.47 Å². The van der Waals surface area contributed by atoms with Crippen molar-refractivity contribution in [2.75, 3.05) is 0 Å². The monoisotopic (exact) mass is 582 g/mol. The third-order valence-corrected chi connectivity index (χ3v) is 7.98. The fraction of sp³-hybridized carbons (Fsp3) is 0.895. The highest BCUT2D eigenvalue weighted by Gasteiger charge is 2.70. The number of alkyl halides is 10. The van der Waals surface area contributed by atoms with E-state index in [1.807, 2.05) is 0 Å². The van der Waals surface area contributed by atoms with Gasteiger partial charge in [0.15, 0.2) is 0 Å². The molecule has 7 nitrogen and oxygen atoms in total. The molecule has 4 unspecified atom stereocenters. The van der Waals surface area contributed by atoms with Gasteiger partial charge in [-0.15, -0.1) is 0 Å². The maximum atomic E-state index is 13.9. The first kappa shape index (κ1) is 29.7. The van der Waals surface area contributed by atoms with Crippen LogP contribution in [0.1, 0.15) is 45.4 Å². The largest absolute Gasteiger partial charge is 0.446 e. The van der Waals surface area contributed by atoms with Crippen LogP contribution in [0.15, 0.2) is 0 Å². The number of halogens is 10. The fourth-order valence-electron chi connectivity index (χ4n) is 6.12. The molecule has 0 heterocycles. The molecule has 4 fully saturated rings. The molecule has 0 saturated heterocycles. The zero-order valence-corrected chi connectivity index (χ0v) is 19.5. The lowest BCUT2D eigenvalue weighted by Crippen LogP contribution is -2.61. The van der Waals surface area contributed by atoms with Gasteiger partial charge < -0.3 is 9.47 Å². The molecule has 4 atom stereocenters. The van der Waals surface area contributed by atoms with E-state index in [0.29, 0.717) is 0 Å². The Kier molecular flexibility index (Phi) is 6.88. The highest BCUT2D eigenvalue weighted by Crippen LogP contribution is 2.66. The molecule has 0 aromatic carbocycles. The smallest absolute Gasteiger partial charge is 0.432 e. The summed E-state index contributed by atoms with van der Waals surface area (Å²) in [5.74, 6) is -9.79. The van der Waals surface area contributed by atoms with Gasteiger partial charge in [-0.1, -0.05) is 0 Å². The van der Waals surface area contributed by atoms with Crippen molar-refractivity contribution in [2.45, 2.75) is 81.2 Å². The SMILES string of the molecule is CC(F)(F)C(OC(=O)C12CC3CC(C1)CC(C(=O)OC(C(F)(F)F)C(F)(F)S(=O)(=O)O)(C3)C2)C(F)(F)F. The van der Waals surface area contributed by atoms with E-state index in [9.17, 15) is 61.9 Å². The second-order valence-corrected chi connectivity index (χ2v) is 11.7. The summed E-state index contributed by atoms with van der Waals surface area (Å²) in [5, 5.41) is -6.02. The first-order valence-electron chi connectivity index (χ1n) is 10.6. The van der Waals surface area contributed by atoms with Gasteiger partial charge in [-0.25, -0.2) is 8.78 Å². The molecule has 37 heavy (non-hydrogen) atoms. The van der Waals surface area contributed by atoms with E-state index >= 15 is 0 Å². The fourth-order valence-corrected chi connectivity index (χ4v) is 6.58. The number of hydrogen-bond donors (Lipinski definition) is 1. The van der Waals surface area contributed by atoms with Crippen molar-refractivity contribution in [3.63, 3.8) is 0 Å². The molecular formula is C19H20F10O7S. The lowest BCUT2D eigenvalue weighted by atomic mass is 9.44. The third kappa shape index (κ3) is 5.36. The Morgan fingerprint density at radius 3 is 1.43 bits per heavy atom. The number of carbonyl (C=O) groups is 2. The predicted molar refractivity (Wildman–Crippen MR) is 98.5 cm³/mol. The van der Waals surface area contributed by atoms with E-state index < -0.39 is 86.9 Å². The first-order valence-corrected chi connectivity index (χ1v) is 12.1. The summed E-state index contributed by atoms with van der Waals surface area (Å²) >= 11 is 0. The van der Waals surface area contributed by atoms with Gasteiger partial charge in [0.05, 0.1) is 10.8 Å². The van der Waals surface area contributed by atoms with Gasteiger partial charge >= 0.3 is 39.7 Å². The summed E-state index contributed by atoms with van der Waals surface area (Å²) in [6, 6.07) is 0. The van der Waals surface area contributed by atoms with Gasteiger partial charge in [0.1, 0.15) is 0 Å². The molecule has 4 aliphatic rings. The average Bonchev–Trinajstić information content (AvgIpc) is 2.65. The quantitative estimate of drug-likeness (QED) is 0.265. The van der Waals surface area contributed by atoms with Crippen molar-refractivity contribution in [1.29, 1.82) is 0 Å². The van der Waals surface area contributed by atoms with Crippen LogP contribution in [0.2, 0.25) is 0 Å². The summed E-state index contributed by atoms with van der Waals surface area (Å²) in [5.41, 5.74) is -4.18. The maximum Gasteiger partial charge on any atom is 0.432 e. The summed E-state index contributed by atoms with van der Waals surface area (Å²) in [6.07, 6.45) is -22.2. The van der Waals surface area contributed by atoms with Crippen molar-refractivity contribution in [1.82, 2.24) is 0 Å². The van der Waals surface area contributed by atoms with E-state index in [1.165, 1.54) is 0 Å². The minimum absolute atomic E-state index is 0.149. The van der Waals surface area contributed by atoms with Gasteiger partial charge in [-0.05, 0) is 50.4 Å². The highest BCUT2D eigenvalue weighted by molar-refractivity contribution is 7.86. The van der Waals surface area contributed by atoms with Crippen LogP contribution >= 0.6 is 0 Å². The summed E-state index contributed by atoms with van der Waals surface area (Å²) in [7, 11) is -6.74. The standard InChI is InChI=1S/C19H20F10O7S/c1-14(20,21)10(17(22,23)24)35-12(30)15-3-8-2-9(4-15)6-16(5-8,7-15)13(31)36-11(18(25,26)27)19(28,29)37(32,33)34/h8-11H,2-7H2,1H3,(H,32,33,34). The molecule has 18 heteroatoms. The van der Waals surface area contributed by atoms with Crippen LogP contribution in [0.25, 0.3) is 0 Å². The molecule has 4 saturated carbocycles. The van der Waals surface area contributed by atoms with Crippen LogP contribution in [-0.2, 0) is 29.2 Å². The van der Waals surface area contributed by atoms with Crippen LogP contribution in [0, 0.1) is 22.7 Å². The Bertz CT molecular complexity index is 1020. The van der Waals surface area contributed by atoms with Gasteiger partial charge in [0.25, 0.3) is 18.1 Å². The van der Waals surface area contributed by atoms with E-state index in [-0.39, 0.29) is 39.0 Å². The molecule has 4 rings (SSSR count). The Balaban J connectivity index is 1.94. The van der Waals surface area contributed by atoms with Gasteiger partial charge in [0.2, 0.25) is 0 Å². The van der Waals surface area contributed by atoms with Crippen molar-refractivity contribution >= 4 is 22.1 Å². The van der Waals surface area contributed by atoms with Gasteiger partial charge in [-0.2, -0.15) is 43.5 Å². The second-order valence-electron chi connectivity index (χ2n) is 10.2. The zero-order chi connectivity index (χ0) is 28.6. The number of esters is 2. The third-order valence-electron chi connectivity index (χ3n) is 7.08. The van der Waals surface area contributed by atoms with Crippen molar-refractivity contribution in [2.24, 2.45) is 22.7 Å². The van der Waals surface area contributed by atoms with Crippen LogP contribution in [0.3, 0.4) is 0 Å². The number of hydrogen-bond acceptors (Lipinski definition) is 6. The van der Waals surface area contributed by atoms with E-state index in [0.717, 1.165) is 0 Å². The van der Waals surface area contributed by atoms with Crippen LogP contribution < -0.4 is 0 Å². The molecule has 0 aromatic rings. The minimum Gasteiger partial charge on any atom is -0.446 e. The van der Waals surface area contributed by atoms with Crippen molar-refractivity contribution in [3.8, 4) is 0 Å². The lowest BCUT2D eigenvalue weighted by Gasteiger charge is -2.59. The van der Waals surface area contributed by atoms with Crippen molar-refractivity contribution in [3.05, 3.63) is 0 Å². The number of rotatable bonds is 7. The molecular weight excluding hydrogens is 562 g/mol. The summed E-state index contributed by atoms with van der Waals surface area (Å²) in [6.45, 7) is -0.149. The average molecular weight is 582 g/mol. The van der Waals surface area contributed by atoms with Crippen molar-refractivity contribution < 1.29 is 75.9 Å². The number of carbonyl (C=O) groups excluding carboxylic acids is 2.